The van der Waals surface area contributed by atoms with Crippen molar-refractivity contribution in [3.05, 3.63) is 14.9 Å². The molecule has 1 aliphatic heterocycles. The number of carbonyl (C=O) groups excluding carboxylic acids is 1. The lowest BCUT2D eigenvalue weighted by Gasteiger charge is -2.32. The molecule has 10 heteroatoms. The Labute approximate surface area is 140 Å². The summed E-state index contributed by atoms with van der Waals surface area (Å²) >= 11 is 10.2. The molecule has 0 aromatic carbocycles. The van der Waals surface area contributed by atoms with E-state index in [4.69, 9.17) is 16.3 Å². The number of carbonyl (C=O) groups is 1. The van der Waals surface area contributed by atoms with Crippen molar-refractivity contribution in [3.63, 3.8) is 0 Å². The van der Waals surface area contributed by atoms with Crippen LogP contribution in [0.1, 0.15) is 6.92 Å². The number of hydrogen-bond acceptors (Lipinski definition) is 5. The van der Waals surface area contributed by atoms with Crippen LogP contribution in [0.4, 0.5) is 4.79 Å². The highest BCUT2D eigenvalue weighted by Crippen LogP contribution is 2.36. The average Bonchev–Trinajstić information content (AvgIpc) is 2.80. The molecule has 0 atom stereocenters. The number of sulfonamides is 1. The maximum absolute atomic E-state index is 12.5. The third kappa shape index (κ3) is 3.70. The van der Waals surface area contributed by atoms with Crippen molar-refractivity contribution in [1.29, 1.82) is 0 Å². The Hall–Kier alpha value is -0.350. The number of rotatable bonds is 3. The normalized spacial score (nSPS) is 17.0. The fourth-order valence-electron chi connectivity index (χ4n) is 1.91. The predicted octanol–water partition coefficient (Wildman–Crippen LogP) is 2.63. The number of amides is 1. The highest BCUT2D eigenvalue weighted by Gasteiger charge is 2.32. The van der Waals surface area contributed by atoms with E-state index < -0.39 is 16.1 Å². The average molecular weight is 418 g/mol. The predicted molar refractivity (Wildman–Crippen MR) is 84.4 cm³/mol. The summed E-state index contributed by atoms with van der Waals surface area (Å²) in [4.78, 5) is 13.1. The summed E-state index contributed by atoms with van der Waals surface area (Å²) in [6.07, 6.45) is -0.406. The Balaban J connectivity index is 2.06. The van der Waals surface area contributed by atoms with Crippen molar-refractivity contribution in [2.24, 2.45) is 0 Å². The molecule has 2 heterocycles. The molecule has 2 rings (SSSR count). The van der Waals surface area contributed by atoms with Gasteiger partial charge in [0.2, 0.25) is 0 Å². The molecule has 0 radical (unpaired) electrons. The first-order valence-electron chi connectivity index (χ1n) is 6.23. The quantitative estimate of drug-likeness (QED) is 0.758. The zero-order valence-electron chi connectivity index (χ0n) is 11.2. The lowest BCUT2D eigenvalue weighted by atomic mass is 10.4. The molecule has 6 nitrogen and oxygen atoms in total. The number of nitrogens with zero attached hydrogens (tertiary/aromatic N) is 2. The van der Waals surface area contributed by atoms with Crippen molar-refractivity contribution in [3.8, 4) is 0 Å². The zero-order valence-corrected chi connectivity index (χ0v) is 15.2. The van der Waals surface area contributed by atoms with Crippen LogP contribution in [0.3, 0.4) is 0 Å². The maximum Gasteiger partial charge on any atom is 0.409 e. The first kappa shape index (κ1) is 17.0. The van der Waals surface area contributed by atoms with Crippen LogP contribution in [0, 0.1) is 0 Å². The number of thiophene rings is 1. The van der Waals surface area contributed by atoms with E-state index in [1.807, 2.05) is 0 Å². The first-order valence-corrected chi connectivity index (χ1v) is 9.65. The van der Waals surface area contributed by atoms with Gasteiger partial charge in [0.25, 0.3) is 10.0 Å². The molecule has 21 heavy (non-hydrogen) atoms. The lowest BCUT2D eigenvalue weighted by Crippen LogP contribution is -2.50. The summed E-state index contributed by atoms with van der Waals surface area (Å²) in [7, 11) is -3.57. The molecule has 1 aromatic heterocycles. The van der Waals surface area contributed by atoms with Crippen molar-refractivity contribution in [1.82, 2.24) is 9.21 Å². The molecule has 1 aliphatic rings. The molecule has 0 saturated carbocycles. The Kier molecular flexibility index (Phi) is 5.53. The van der Waals surface area contributed by atoms with Crippen molar-refractivity contribution >= 4 is 55.0 Å². The number of piperazine rings is 1. The Morgan fingerprint density at radius 2 is 2.05 bits per heavy atom. The zero-order chi connectivity index (χ0) is 15.6. The highest BCUT2D eigenvalue weighted by molar-refractivity contribution is 9.11. The second-order valence-electron chi connectivity index (χ2n) is 4.28. The summed E-state index contributed by atoms with van der Waals surface area (Å²) in [5, 5.41) is 0.378. The van der Waals surface area contributed by atoms with Gasteiger partial charge in [0.15, 0.2) is 0 Å². The van der Waals surface area contributed by atoms with E-state index in [1.54, 1.807) is 6.92 Å². The Morgan fingerprint density at radius 1 is 1.43 bits per heavy atom. The van der Waals surface area contributed by atoms with E-state index >= 15 is 0 Å². The number of ether oxygens (including phenoxy) is 1. The van der Waals surface area contributed by atoms with Gasteiger partial charge in [-0.2, -0.15) is 4.31 Å². The summed E-state index contributed by atoms with van der Waals surface area (Å²) in [5.74, 6) is 0. The van der Waals surface area contributed by atoms with Crippen LogP contribution in [-0.2, 0) is 14.8 Å². The van der Waals surface area contributed by atoms with Gasteiger partial charge in [-0.1, -0.05) is 11.6 Å². The van der Waals surface area contributed by atoms with Crippen LogP contribution in [0.25, 0.3) is 0 Å². The second kappa shape index (κ2) is 6.82. The van der Waals surface area contributed by atoms with Crippen LogP contribution in [-0.4, -0.2) is 56.5 Å². The van der Waals surface area contributed by atoms with Crippen LogP contribution in [0.15, 0.2) is 14.1 Å². The van der Waals surface area contributed by atoms with Crippen LogP contribution in [0.5, 0.6) is 0 Å². The first-order chi connectivity index (χ1) is 9.86. The summed E-state index contributed by atoms with van der Waals surface area (Å²) in [5.41, 5.74) is 0. The van der Waals surface area contributed by atoms with Gasteiger partial charge >= 0.3 is 6.09 Å². The van der Waals surface area contributed by atoms with E-state index in [2.05, 4.69) is 15.9 Å². The van der Waals surface area contributed by atoms with Crippen molar-refractivity contribution in [2.45, 2.75) is 11.1 Å². The molecule has 0 aliphatic carbocycles. The van der Waals surface area contributed by atoms with Gasteiger partial charge in [-0.25, -0.2) is 13.2 Å². The summed E-state index contributed by atoms with van der Waals surface area (Å²) in [6, 6.07) is 1.43. The number of halogens is 2. The van der Waals surface area contributed by atoms with E-state index in [0.29, 0.717) is 28.5 Å². The van der Waals surface area contributed by atoms with Gasteiger partial charge < -0.3 is 9.64 Å². The van der Waals surface area contributed by atoms with Gasteiger partial charge in [0.05, 0.1) is 15.4 Å². The van der Waals surface area contributed by atoms with Gasteiger partial charge in [-0.15, -0.1) is 11.3 Å². The molecule has 118 valence electrons. The van der Waals surface area contributed by atoms with E-state index in [-0.39, 0.29) is 17.3 Å². The fraction of sp³-hybridized carbons (Fsp3) is 0.545. The smallest absolute Gasteiger partial charge is 0.409 e. The molecular weight excluding hydrogens is 404 g/mol. The van der Waals surface area contributed by atoms with Crippen molar-refractivity contribution < 1.29 is 17.9 Å². The molecule has 0 bridgehead atoms. The van der Waals surface area contributed by atoms with E-state index in [9.17, 15) is 13.2 Å². The molecule has 1 aromatic rings. The van der Waals surface area contributed by atoms with Gasteiger partial charge in [0, 0.05) is 26.2 Å². The molecule has 0 unspecified atom stereocenters. The second-order valence-corrected chi connectivity index (χ2v) is 9.22. The topological polar surface area (TPSA) is 66.9 Å². The highest BCUT2D eigenvalue weighted by atomic mass is 79.9. The summed E-state index contributed by atoms with van der Waals surface area (Å²) in [6.45, 7) is 3.16. The van der Waals surface area contributed by atoms with Crippen LogP contribution < -0.4 is 0 Å². The molecule has 1 saturated heterocycles. The minimum atomic E-state index is -3.57. The molecule has 1 fully saturated rings. The molecule has 0 N–H and O–H groups in total. The molecular formula is C11H14BrClN2O4S2. The minimum absolute atomic E-state index is 0.198. The minimum Gasteiger partial charge on any atom is -0.450 e. The summed E-state index contributed by atoms with van der Waals surface area (Å²) < 4.78 is 32.0. The molecule has 0 spiro atoms. The van der Waals surface area contributed by atoms with E-state index in [0.717, 1.165) is 11.3 Å². The SMILES string of the molecule is CCOC(=O)N1CCN(S(=O)(=O)c2cc(Cl)c(Br)s2)CC1. The van der Waals surface area contributed by atoms with Gasteiger partial charge in [0.1, 0.15) is 4.21 Å². The number of hydrogen-bond donors (Lipinski definition) is 0. The maximum atomic E-state index is 12.5. The van der Waals surface area contributed by atoms with Gasteiger partial charge in [-0.3, -0.25) is 0 Å². The van der Waals surface area contributed by atoms with Crippen molar-refractivity contribution in [2.75, 3.05) is 32.8 Å². The lowest BCUT2D eigenvalue weighted by molar-refractivity contribution is 0.0934. The third-order valence-corrected chi connectivity index (χ3v) is 7.80. The van der Waals surface area contributed by atoms with Gasteiger partial charge in [-0.05, 0) is 28.9 Å². The standard InChI is InChI=1S/C11H14BrClN2O4S2/c1-2-19-11(16)14-3-5-15(6-4-14)21(17,18)9-7-8(13)10(12)20-9/h7H,2-6H2,1H3. The Bertz CT molecular complexity index is 607. The molecule has 1 amide bonds. The third-order valence-electron chi connectivity index (χ3n) is 2.98. The van der Waals surface area contributed by atoms with E-state index in [1.165, 1.54) is 15.3 Å². The fourth-order valence-corrected chi connectivity index (χ4v) is 5.88. The Morgan fingerprint density at radius 3 is 2.52 bits per heavy atom. The largest absolute Gasteiger partial charge is 0.450 e. The van der Waals surface area contributed by atoms with Crippen LogP contribution >= 0.6 is 38.9 Å². The monoisotopic (exact) mass is 416 g/mol. The van der Waals surface area contributed by atoms with Crippen LogP contribution in [0.2, 0.25) is 5.02 Å².